The average molecular weight is 260 g/mol. The maximum absolute atomic E-state index is 6.23. The zero-order valence-corrected chi connectivity index (χ0v) is 11.6. The Morgan fingerprint density at radius 2 is 1.83 bits per heavy atom. The van der Waals surface area contributed by atoms with Crippen LogP contribution in [0.1, 0.15) is 12.5 Å². The molecule has 0 bridgehead atoms. The van der Waals surface area contributed by atoms with E-state index in [4.69, 9.17) is 11.6 Å². The standard InChI is InChI=1S/C16H18ClN/c1-3-18(2)12-13-7-6-8-14(11-13)15-9-4-5-10-16(15)17/h4-11H,3,12H2,1-2H3. The van der Waals surface area contributed by atoms with Crippen LogP contribution in [0.15, 0.2) is 48.5 Å². The van der Waals surface area contributed by atoms with Gasteiger partial charge >= 0.3 is 0 Å². The van der Waals surface area contributed by atoms with Gasteiger partial charge in [-0.3, -0.25) is 0 Å². The van der Waals surface area contributed by atoms with Gasteiger partial charge in [0.2, 0.25) is 0 Å². The quantitative estimate of drug-likeness (QED) is 0.784. The molecule has 0 saturated heterocycles. The molecule has 2 aromatic rings. The molecule has 0 spiro atoms. The van der Waals surface area contributed by atoms with Crippen LogP contribution in [0.4, 0.5) is 0 Å². The molecule has 1 nitrogen and oxygen atoms in total. The molecule has 18 heavy (non-hydrogen) atoms. The third-order valence-electron chi connectivity index (χ3n) is 3.10. The smallest absolute Gasteiger partial charge is 0.0484 e. The summed E-state index contributed by atoms with van der Waals surface area (Å²) in [5.41, 5.74) is 3.60. The van der Waals surface area contributed by atoms with E-state index in [1.165, 1.54) is 11.1 Å². The van der Waals surface area contributed by atoms with E-state index in [1.807, 2.05) is 18.2 Å². The summed E-state index contributed by atoms with van der Waals surface area (Å²) >= 11 is 6.23. The predicted molar refractivity (Wildman–Crippen MR) is 78.9 cm³/mol. The molecular formula is C16H18ClN. The Hall–Kier alpha value is -1.31. The molecule has 0 aliphatic rings. The molecule has 0 unspecified atom stereocenters. The molecule has 0 aromatic heterocycles. The first-order valence-corrected chi connectivity index (χ1v) is 6.61. The highest BCUT2D eigenvalue weighted by Crippen LogP contribution is 2.28. The maximum atomic E-state index is 6.23. The lowest BCUT2D eigenvalue weighted by Crippen LogP contribution is -2.16. The minimum Gasteiger partial charge on any atom is -0.302 e. The van der Waals surface area contributed by atoms with Crippen molar-refractivity contribution in [1.82, 2.24) is 4.90 Å². The van der Waals surface area contributed by atoms with Crippen LogP contribution in [0.2, 0.25) is 5.02 Å². The fourth-order valence-corrected chi connectivity index (χ4v) is 2.20. The summed E-state index contributed by atoms with van der Waals surface area (Å²) in [4.78, 5) is 2.28. The van der Waals surface area contributed by atoms with Crippen molar-refractivity contribution in [2.45, 2.75) is 13.5 Å². The first-order valence-electron chi connectivity index (χ1n) is 6.23. The van der Waals surface area contributed by atoms with Crippen LogP contribution >= 0.6 is 11.6 Å². The normalized spacial score (nSPS) is 10.9. The van der Waals surface area contributed by atoms with E-state index in [-0.39, 0.29) is 0 Å². The molecule has 2 rings (SSSR count). The monoisotopic (exact) mass is 259 g/mol. The maximum Gasteiger partial charge on any atom is 0.0484 e. The van der Waals surface area contributed by atoms with Gasteiger partial charge in [-0.25, -0.2) is 0 Å². The van der Waals surface area contributed by atoms with Gasteiger partial charge in [-0.1, -0.05) is 54.9 Å². The van der Waals surface area contributed by atoms with Gasteiger partial charge in [-0.15, -0.1) is 0 Å². The van der Waals surface area contributed by atoms with Gasteiger partial charge in [-0.2, -0.15) is 0 Å². The second-order valence-corrected chi connectivity index (χ2v) is 4.92. The van der Waals surface area contributed by atoms with E-state index < -0.39 is 0 Å². The molecule has 0 N–H and O–H groups in total. The van der Waals surface area contributed by atoms with Gasteiger partial charge in [0, 0.05) is 17.1 Å². The van der Waals surface area contributed by atoms with Crippen molar-refractivity contribution in [1.29, 1.82) is 0 Å². The van der Waals surface area contributed by atoms with Crippen molar-refractivity contribution in [2.75, 3.05) is 13.6 Å². The lowest BCUT2D eigenvalue weighted by Gasteiger charge is -2.14. The molecule has 0 aliphatic carbocycles. The summed E-state index contributed by atoms with van der Waals surface area (Å²) in [7, 11) is 2.13. The molecule has 0 heterocycles. The highest BCUT2D eigenvalue weighted by Gasteiger charge is 2.04. The molecule has 0 amide bonds. The lowest BCUT2D eigenvalue weighted by atomic mass is 10.0. The predicted octanol–water partition coefficient (Wildman–Crippen LogP) is 4.46. The third-order valence-corrected chi connectivity index (χ3v) is 3.43. The fraction of sp³-hybridized carbons (Fsp3) is 0.250. The summed E-state index contributed by atoms with van der Waals surface area (Å²) in [6.07, 6.45) is 0. The topological polar surface area (TPSA) is 3.24 Å². The van der Waals surface area contributed by atoms with E-state index in [0.29, 0.717) is 0 Å². The molecule has 0 aliphatic heterocycles. The number of hydrogen-bond donors (Lipinski definition) is 0. The van der Waals surface area contributed by atoms with Gasteiger partial charge in [0.05, 0.1) is 0 Å². The number of rotatable bonds is 4. The summed E-state index contributed by atoms with van der Waals surface area (Å²) in [5.74, 6) is 0. The van der Waals surface area contributed by atoms with Crippen LogP contribution < -0.4 is 0 Å². The first-order chi connectivity index (χ1) is 8.70. The highest BCUT2D eigenvalue weighted by molar-refractivity contribution is 6.33. The number of hydrogen-bond acceptors (Lipinski definition) is 1. The van der Waals surface area contributed by atoms with Crippen LogP contribution in [-0.2, 0) is 6.54 Å². The van der Waals surface area contributed by atoms with Gasteiger partial charge in [0.15, 0.2) is 0 Å². The van der Waals surface area contributed by atoms with Crippen molar-refractivity contribution in [3.8, 4) is 11.1 Å². The Morgan fingerprint density at radius 3 is 2.56 bits per heavy atom. The van der Waals surface area contributed by atoms with E-state index in [9.17, 15) is 0 Å². The summed E-state index contributed by atoms with van der Waals surface area (Å²) in [6, 6.07) is 16.5. The van der Waals surface area contributed by atoms with Gasteiger partial charge in [0.25, 0.3) is 0 Å². The second-order valence-electron chi connectivity index (χ2n) is 4.51. The zero-order valence-electron chi connectivity index (χ0n) is 10.9. The Morgan fingerprint density at radius 1 is 1.06 bits per heavy atom. The van der Waals surface area contributed by atoms with Crippen molar-refractivity contribution in [3.05, 3.63) is 59.1 Å². The summed E-state index contributed by atoms with van der Waals surface area (Å²) in [5, 5.41) is 0.804. The third kappa shape index (κ3) is 3.12. The average Bonchev–Trinajstić information content (AvgIpc) is 2.39. The Kier molecular flexibility index (Phi) is 4.40. The second kappa shape index (κ2) is 6.03. The van der Waals surface area contributed by atoms with E-state index in [1.54, 1.807) is 0 Å². The van der Waals surface area contributed by atoms with Crippen molar-refractivity contribution in [3.63, 3.8) is 0 Å². The lowest BCUT2D eigenvalue weighted by molar-refractivity contribution is 0.346. The molecule has 2 aromatic carbocycles. The van der Waals surface area contributed by atoms with Crippen LogP contribution in [0.5, 0.6) is 0 Å². The van der Waals surface area contributed by atoms with Gasteiger partial charge < -0.3 is 4.90 Å². The summed E-state index contributed by atoms with van der Waals surface area (Å²) in [6.45, 7) is 4.18. The number of halogens is 1. The molecule has 0 saturated carbocycles. The van der Waals surface area contributed by atoms with Crippen LogP contribution in [0.3, 0.4) is 0 Å². The van der Waals surface area contributed by atoms with Crippen molar-refractivity contribution >= 4 is 11.6 Å². The van der Waals surface area contributed by atoms with Crippen molar-refractivity contribution in [2.24, 2.45) is 0 Å². The number of benzene rings is 2. The Balaban J connectivity index is 2.30. The molecule has 0 atom stereocenters. The van der Waals surface area contributed by atoms with Gasteiger partial charge in [0.1, 0.15) is 0 Å². The van der Waals surface area contributed by atoms with Crippen molar-refractivity contribution < 1.29 is 0 Å². The van der Waals surface area contributed by atoms with E-state index >= 15 is 0 Å². The largest absolute Gasteiger partial charge is 0.302 e. The van der Waals surface area contributed by atoms with Crippen LogP contribution in [0, 0.1) is 0 Å². The first kappa shape index (κ1) is 13.1. The molecule has 0 fully saturated rings. The fourth-order valence-electron chi connectivity index (χ4n) is 1.96. The summed E-state index contributed by atoms with van der Waals surface area (Å²) < 4.78 is 0. The van der Waals surface area contributed by atoms with Crippen LogP contribution in [-0.4, -0.2) is 18.5 Å². The van der Waals surface area contributed by atoms with Crippen LogP contribution in [0.25, 0.3) is 11.1 Å². The van der Waals surface area contributed by atoms with Gasteiger partial charge in [-0.05, 0) is 36.9 Å². The SMILES string of the molecule is CCN(C)Cc1cccc(-c2ccccc2Cl)c1. The molecule has 2 heteroatoms. The minimum absolute atomic E-state index is 0.804. The molecule has 0 radical (unpaired) electrons. The molecular weight excluding hydrogens is 242 g/mol. The number of nitrogens with zero attached hydrogens (tertiary/aromatic N) is 1. The Bertz CT molecular complexity index is 522. The highest BCUT2D eigenvalue weighted by atomic mass is 35.5. The molecule has 94 valence electrons. The van der Waals surface area contributed by atoms with E-state index in [0.717, 1.165) is 23.7 Å². The zero-order chi connectivity index (χ0) is 13.0. The Labute approximate surface area is 114 Å². The minimum atomic E-state index is 0.804. The van der Waals surface area contributed by atoms with E-state index in [2.05, 4.69) is 49.2 Å².